The molecule has 0 amide bonds. The summed E-state index contributed by atoms with van der Waals surface area (Å²) in [6.45, 7) is 4.76. The molecule has 1 aliphatic heterocycles. The van der Waals surface area contributed by atoms with Crippen molar-refractivity contribution >= 4 is 71.6 Å². The highest BCUT2D eigenvalue weighted by Crippen LogP contribution is 2.52. The first-order chi connectivity index (χ1) is 22.6. The van der Waals surface area contributed by atoms with Crippen molar-refractivity contribution in [2.75, 3.05) is 4.90 Å². The topological polar surface area (TPSA) is 21.3 Å². The third-order valence-corrected chi connectivity index (χ3v) is 10.1. The predicted octanol–water partition coefficient (Wildman–Crippen LogP) is 11.9. The molecule has 0 aliphatic carbocycles. The lowest BCUT2D eigenvalue weighted by molar-refractivity contribution is 0.630. The molecule has 0 spiro atoms. The molecular weight excluding hydrogens is 560 g/mol. The molecule has 10 rings (SSSR count). The second kappa shape index (κ2) is 9.12. The first-order valence-electron chi connectivity index (χ1n) is 16.0. The lowest BCUT2D eigenvalue weighted by Crippen LogP contribution is -2.27. The van der Waals surface area contributed by atoms with Crippen molar-refractivity contribution in [1.82, 2.24) is 4.57 Å². The van der Waals surface area contributed by atoms with Crippen LogP contribution >= 0.6 is 0 Å². The lowest BCUT2D eigenvalue weighted by atomic mass is 9.74. The monoisotopic (exact) mass is 590 g/mol. The summed E-state index contributed by atoms with van der Waals surface area (Å²) in [5, 5.41) is 7.21. The van der Waals surface area contributed by atoms with Gasteiger partial charge >= 0.3 is 0 Å². The molecule has 0 saturated heterocycles. The van der Waals surface area contributed by atoms with Crippen molar-refractivity contribution in [3.63, 3.8) is 0 Å². The molecule has 0 saturated carbocycles. The van der Waals surface area contributed by atoms with E-state index < -0.39 is 0 Å². The highest BCUT2D eigenvalue weighted by atomic mass is 16.3. The van der Waals surface area contributed by atoms with Crippen LogP contribution in [0.15, 0.2) is 150 Å². The molecule has 1 aliphatic rings. The number of rotatable bonds is 3. The van der Waals surface area contributed by atoms with Gasteiger partial charge in [0, 0.05) is 38.3 Å². The number of hydrogen-bond acceptors (Lipinski definition) is 2. The van der Waals surface area contributed by atoms with Gasteiger partial charge in [-0.3, -0.25) is 0 Å². The number of fused-ring (bicyclic) bond motifs is 10. The molecule has 9 aromatic rings. The van der Waals surface area contributed by atoms with Crippen molar-refractivity contribution < 1.29 is 4.42 Å². The van der Waals surface area contributed by atoms with Gasteiger partial charge in [0.15, 0.2) is 0 Å². The van der Waals surface area contributed by atoms with Gasteiger partial charge in [0.1, 0.15) is 11.2 Å². The number of aromatic nitrogens is 1. The highest BCUT2D eigenvalue weighted by Gasteiger charge is 2.37. The quantitative estimate of drug-likeness (QED) is 0.204. The predicted molar refractivity (Wildman–Crippen MR) is 192 cm³/mol. The fraction of sp³-hybridized carbons (Fsp3) is 0.0698. The number of para-hydroxylation sites is 3. The van der Waals surface area contributed by atoms with Gasteiger partial charge in [-0.05, 0) is 71.1 Å². The summed E-state index contributed by atoms with van der Waals surface area (Å²) in [4.78, 5) is 2.41. The SMILES string of the molecule is CC1(C)c2cc(N(c3ccccc3)c3cccc4ccccc34)ccc2-n2c3ccccc3c3c4oc5ccccc5c4cc1c32. The van der Waals surface area contributed by atoms with Crippen LogP contribution in [0.4, 0.5) is 17.1 Å². The Labute approximate surface area is 266 Å². The van der Waals surface area contributed by atoms with E-state index in [4.69, 9.17) is 4.42 Å². The first-order valence-corrected chi connectivity index (χ1v) is 16.0. The molecule has 0 bridgehead atoms. The number of hydrogen-bond donors (Lipinski definition) is 0. The maximum atomic E-state index is 6.63. The van der Waals surface area contributed by atoms with Crippen LogP contribution in [0, 0.1) is 0 Å². The summed E-state index contributed by atoms with van der Waals surface area (Å²) in [5.41, 5.74) is 11.3. The lowest BCUT2D eigenvalue weighted by Gasteiger charge is -2.36. The van der Waals surface area contributed by atoms with Gasteiger partial charge in [0.05, 0.1) is 27.8 Å². The molecule has 0 fully saturated rings. The molecule has 7 aromatic carbocycles. The highest BCUT2D eigenvalue weighted by molar-refractivity contribution is 6.25. The van der Waals surface area contributed by atoms with E-state index in [9.17, 15) is 0 Å². The van der Waals surface area contributed by atoms with Gasteiger partial charge < -0.3 is 13.9 Å². The van der Waals surface area contributed by atoms with Crippen LogP contribution in [-0.2, 0) is 5.41 Å². The Balaban J connectivity index is 1.30. The average molecular weight is 591 g/mol. The Morgan fingerprint density at radius 2 is 1.28 bits per heavy atom. The van der Waals surface area contributed by atoms with Crippen molar-refractivity contribution in [2.45, 2.75) is 19.3 Å². The van der Waals surface area contributed by atoms with E-state index in [-0.39, 0.29) is 5.41 Å². The van der Waals surface area contributed by atoms with E-state index >= 15 is 0 Å². The minimum Gasteiger partial charge on any atom is -0.455 e. The fourth-order valence-corrected chi connectivity index (χ4v) is 7.97. The van der Waals surface area contributed by atoms with Crippen LogP contribution in [0.3, 0.4) is 0 Å². The first kappa shape index (κ1) is 25.5. The third kappa shape index (κ3) is 3.32. The molecule has 3 heterocycles. The van der Waals surface area contributed by atoms with E-state index in [0.717, 1.165) is 27.9 Å². The summed E-state index contributed by atoms with van der Waals surface area (Å²) >= 11 is 0. The van der Waals surface area contributed by atoms with Gasteiger partial charge in [0.25, 0.3) is 0 Å². The molecule has 0 N–H and O–H groups in total. The molecular formula is C43H30N2O. The minimum atomic E-state index is -0.276. The Kier molecular flexibility index (Phi) is 5.06. The van der Waals surface area contributed by atoms with Gasteiger partial charge in [0.2, 0.25) is 0 Å². The van der Waals surface area contributed by atoms with Crippen molar-refractivity contribution in [2.24, 2.45) is 0 Å². The zero-order chi connectivity index (χ0) is 30.6. The summed E-state index contributed by atoms with van der Waals surface area (Å²) < 4.78 is 9.10. The van der Waals surface area contributed by atoms with Crippen LogP contribution in [0.25, 0.3) is 60.2 Å². The normalized spacial score (nSPS) is 13.6. The smallest absolute Gasteiger partial charge is 0.145 e. The van der Waals surface area contributed by atoms with E-state index in [1.165, 1.54) is 60.5 Å². The molecule has 46 heavy (non-hydrogen) atoms. The molecule has 0 atom stereocenters. The Bertz CT molecular complexity index is 2670. The Hall–Kier alpha value is -5.80. The summed E-state index contributed by atoms with van der Waals surface area (Å²) in [5.74, 6) is 0. The zero-order valence-corrected chi connectivity index (χ0v) is 25.7. The van der Waals surface area contributed by atoms with Crippen LogP contribution < -0.4 is 4.90 Å². The molecule has 0 radical (unpaired) electrons. The van der Waals surface area contributed by atoms with Crippen molar-refractivity contribution in [3.05, 3.63) is 157 Å². The maximum Gasteiger partial charge on any atom is 0.145 e. The van der Waals surface area contributed by atoms with Gasteiger partial charge in [-0.1, -0.05) is 105 Å². The van der Waals surface area contributed by atoms with Crippen molar-refractivity contribution in [1.29, 1.82) is 0 Å². The molecule has 3 nitrogen and oxygen atoms in total. The summed E-state index contributed by atoms with van der Waals surface area (Å²) in [6.07, 6.45) is 0. The summed E-state index contributed by atoms with van der Waals surface area (Å²) in [6, 6.07) is 52.6. The largest absolute Gasteiger partial charge is 0.455 e. The van der Waals surface area contributed by atoms with E-state index in [2.05, 4.69) is 169 Å². The third-order valence-electron chi connectivity index (χ3n) is 10.1. The standard InChI is InChI=1S/C43H30N2O/c1-43(2)34-25-29(44(28-15-4-3-5-16-28)36-21-12-14-27-13-6-7-17-30(27)36)23-24-38(34)45-37-20-10-8-19-32(37)40-41(45)35(43)26-33-31-18-9-11-22-39(31)46-42(33)40/h3-26H,1-2H3. The van der Waals surface area contributed by atoms with Crippen LogP contribution in [0.1, 0.15) is 25.0 Å². The second-order valence-electron chi connectivity index (χ2n) is 13.0. The fourth-order valence-electron chi connectivity index (χ4n) is 7.97. The molecule has 0 unspecified atom stereocenters. The van der Waals surface area contributed by atoms with E-state index in [1.807, 2.05) is 0 Å². The van der Waals surface area contributed by atoms with Gasteiger partial charge in [-0.15, -0.1) is 0 Å². The number of anilines is 3. The average Bonchev–Trinajstić information content (AvgIpc) is 3.64. The number of nitrogens with zero attached hydrogens (tertiary/aromatic N) is 2. The molecule has 2 aromatic heterocycles. The Morgan fingerprint density at radius 1 is 0.565 bits per heavy atom. The van der Waals surface area contributed by atoms with Crippen molar-refractivity contribution in [3.8, 4) is 5.69 Å². The molecule has 3 heteroatoms. The van der Waals surface area contributed by atoms with Gasteiger partial charge in [-0.25, -0.2) is 0 Å². The molecule has 218 valence electrons. The van der Waals surface area contributed by atoms with E-state index in [1.54, 1.807) is 0 Å². The summed E-state index contributed by atoms with van der Waals surface area (Å²) in [7, 11) is 0. The minimum absolute atomic E-state index is 0.276. The number of furan rings is 1. The van der Waals surface area contributed by atoms with Crippen LogP contribution in [-0.4, -0.2) is 4.57 Å². The van der Waals surface area contributed by atoms with Crippen LogP contribution in [0.5, 0.6) is 0 Å². The second-order valence-corrected chi connectivity index (χ2v) is 13.0. The zero-order valence-electron chi connectivity index (χ0n) is 25.7. The maximum absolute atomic E-state index is 6.63. The van der Waals surface area contributed by atoms with E-state index in [0.29, 0.717) is 0 Å². The van der Waals surface area contributed by atoms with Crippen LogP contribution in [0.2, 0.25) is 0 Å². The number of benzene rings is 7. The van der Waals surface area contributed by atoms with Gasteiger partial charge in [-0.2, -0.15) is 0 Å². The Morgan fingerprint density at radius 3 is 2.15 bits per heavy atom.